The summed E-state index contributed by atoms with van der Waals surface area (Å²) in [6.45, 7) is 0. The third-order valence-corrected chi connectivity index (χ3v) is 2.68. The van der Waals surface area contributed by atoms with E-state index >= 15 is 0 Å². The molecule has 0 saturated carbocycles. The van der Waals surface area contributed by atoms with Crippen LogP contribution in [0.4, 0.5) is 4.39 Å². The molecule has 16 heavy (non-hydrogen) atoms. The molecule has 0 spiro atoms. The van der Waals surface area contributed by atoms with Crippen molar-refractivity contribution in [3.8, 4) is 5.75 Å². The van der Waals surface area contributed by atoms with Gasteiger partial charge in [-0.3, -0.25) is 0 Å². The number of nitrogens with zero attached hydrogens (tertiary/aromatic N) is 2. The number of benzene rings is 1. The van der Waals surface area contributed by atoms with Gasteiger partial charge in [0.1, 0.15) is 23.4 Å². The van der Waals surface area contributed by atoms with Crippen molar-refractivity contribution < 1.29 is 14.2 Å². The van der Waals surface area contributed by atoms with Crippen LogP contribution in [0.15, 0.2) is 23.6 Å². The number of halogens is 1. The highest BCUT2D eigenvalue weighted by Crippen LogP contribution is 2.26. The Morgan fingerprint density at radius 3 is 2.88 bits per heavy atom. The molecule has 0 aliphatic heterocycles. The predicted octanol–water partition coefficient (Wildman–Crippen LogP) is 1.77. The van der Waals surface area contributed by atoms with Gasteiger partial charge in [-0.25, -0.2) is 4.39 Å². The molecule has 4 nitrogen and oxygen atoms in total. The molecule has 0 bridgehead atoms. The van der Waals surface area contributed by atoms with Crippen LogP contribution in [-0.4, -0.2) is 21.8 Å². The maximum absolute atomic E-state index is 13.6. The lowest BCUT2D eigenvalue weighted by Gasteiger charge is -2.09. The maximum atomic E-state index is 13.6. The third kappa shape index (κ3) is 2.02. The van der Waals surface area contributed by atoms with E-state index in [0.717, 1.165) is 11.5 Å². The molecule has 0 radical (unpaired) electrons. The fourth-order valence-corrected chi connectivity index (χ4v) is 1.78. The van der Waals surface area contributed by atoms with Gasteiger partial charge in [-0.05, 0) is 23.7 Å². The first kappa shape index (κ1) is 11.0. The quantitative estimate of drug-likeness (QED) is 0.888. The lowest BCUT2D eigenvalue weighted by atomic mass is 10.1. The number of methoxy groups -OCH3 is 1. The van der Waals surface area contributed by atoms with Crippen LogP contribution in [0.25, 0.3) is 0 Å². The average Bonchev–Trinajstić information content (AvgIpc) is 2.81. The topological polar surface area (TPSA) is 55.2 Å². The summed E-state index contributed by atoms with van der Waals surface area (Å²) in [6, 6.07) is 4.28. The summed E-state index contributed by atoms with van der Waals surface area (Å²) >= 11 is 1.11. The predicted molar refractivity (Wildman–Crippen MR) is 56.9 cm³/mol. The van der Waals surface area contributed by atoms with Crippen molar-refractivity contribution in [2.24, 2.45) is 0 Å². The highest BCUT2D eigenvalue weighted by Gasteiger charge is 2.17. The standard InChI is InChI=1S/C10H9FN2O2S/c1-15-6-2-3-7(8(11)4-6)10(14)9-5-16-13-12-9/h2-5,10,14H,1H3. The Balaban J connectivity index is 2.34. The largest absolute Gasteiger partial charge is 0.497 e. The first-order valence-electron chi connectivity index (χ1n) is 4.51. The molecule has 0 fully saturated rings. The lowest BCUT2D eigenvalue weighted by molar-refractivity contribution is 0.209. The SMILES string of the molecule is COc1ccc(C(O)c2csnn2)c(F)c1. The molecule has 1 heterocycles. The van der Waals surface area contributed by atoms with Crippen molar-refractivity contribution >= 4 is 11.5 Å². The second kappa shape index (κ2) is 4.54. The minimum Gasteiger partial charge on any atom is -0.497 e. The van der Waals surface area contributed by atoms with E-state index in [1.807, 2.05) is 0 Å². The Labute approximate surface area is 95.5 Å². The van der Waals surface area contributed by atoms with E-state index in [2.05, 4.69) is 9.59 Å². The Morgan fingerprint density at radius 2 is 2.31 bits per heavy atom. The molecule has 1 N–H and O–H groups in total. The van der Waals surface area contributed by atoms with Gasteiger partial charge in [0, 0.05) is 17.0 Å². The number of aliphatic hydroxyl groups is 1. The molecule has 1 aromatic heterocycles. The monoisotopic (exact) mass is 240 g/mol. The smallest absolute Gasteiger partial charge is 0.133 e. The van der Waals surface area contributed by atoms with E-state index in [-0.39, 0.29) is 5.56 Å². The van der Waals surface area contributed by atoms with Gasteiger partial charge >= 0.3 is 0 Å². The van der Waals surface area contributed by atoms with Crippen LogP contribution in [0.2, 0.25) is 0 Å². The fraction of sp³-hybridized carbons (Fsp3) is 0.200. The molecule has 1 unspecified atom stereocenters. The molecule has 0 saturated heterocycles. The van der Waals surface area contributed by atoms with Gasteiger partial charge in [0.05, 0.1) is 7.11 Å². The highest BCUT2D eigenvalue weighted by atomic mass is 32.1. The number of hydrogen-bond acceptors (Lipinski definition) is 5. The van der Waals surface area contributed by atoms with Crippen LogP contribution in [0, 0.1) is 5.82 Å². The van der Waals surface area contributed by atoms with Crippen LogP contribution in [0.3, 0.4) is 0 Å². The van der Waals surface area contributed by atoms with Crippen molar-refractivity contribution in [3.05, 3.63) is 40.7 Å². The van der Waals surface area contributed by atoms with Crippen molar-refractivity contribution in [1.29, 1.82) is 0 Å². The Morgan fingerprint density at radius 1 is 1.50 bits per heavy atom. The van der Waals surface area contributed by atoms with Crippen LogP contribution < -0.4 is 4.74 Å². The van der Waals surface area contributed by atoms with Gasteiger partial charge in [-0.2, -0.15) is 0 Å². The van der Waals surface area contributed by atoms with Gasteiger partial charge in [0.25, 0.3) is 0 Å². The summed E-state index contributed by atoms with van der Waals surface area (Å²) in [6.07, 6.45) is -1.09. The molecule has 6 heteroatoms. The van der Waals surface area contributed by atoms with Crippen LogP contribution in [0.5, 0.6) is 5.75 Å². The van der Waals surface area contributed by atoms with Gasteiger partial charge in [0.2, 0.25) is 0 Å². The van der Waals surface area contributed by atoms with Crippen molar-refractivity contribution in [1.82, 2.24) is 9.59 Å². The normalized spacial score (nSPS) is 12.4. The van der Waals surface area contributed by atoms with Crippen LogP contribution in [0.1, 0.15) is 17.4 Å². The zero-order valence-electron chi connectivity index (χ0n) is 8.42. The number of rotatable bonds is 3. The Kier molecular flexibility index (Phi) is 3.12. The average molecular weight is 240 g/mol. The molecule has 0 aliphatic carbocycles. The van der Waals surface area contributed by atoms with Gasteiger partial charge in [-0.15, -0.1) is 5.10 Å². The minimum absolute atomic E-state index is 0.161. The van der Waals surface area contributed by atoms with Crippen LogP contribution >= 0.6 is 11.5 Å². The van der Waals surface area contributed by atoms with E-state index in [4.69, 9.17) is 4.74 Å². The van der Waals surface area contributed by atoms with Crippen molar-refractivity contribution in [2.75, 3.05) is 7.11 Å². The van der Waals surface area contributed by atoms with Gasteiger partial charge in [-0.1, -0.05) is 4.49 Å². The third-order valence-electron chi connectivity index (χ3n) is 2.16. The van der Waals surface area contributed by atoms with Crippen LogP contribution in [-0.2, 0) is 0 Å². The van der Waals surface area contributed by atoms with Crippen molar-refractivity contribution in [3.63, 3.8) is 0 Å². The number of aromatic nitrogens is 2. The first-order valence-corrected chi connectivity index (χ1v) is 5.34. The molecule has 84 valence electrons. The van der Waals surface area contributed by atoms with Crippen molar-refractivity contribution in [2.45, 2.75) is 6.10 Å². The molecule has 2 rings (SSSR count). The minimum atomic E-state index is -1.09. The van der Waals surface area contributed by atoms with E-state index in [0.29, 0.717) is 11.4 Å². The van der Waals surface area contributed by atoms with E-state index in [1.54, 1.807) is 11.4 Å². The number of aliphatic hydroxyl groups excluding tert-OH is 1. The molecular formula is C10H9FN2O2S. The highest BCUT2D eigenvalue weighted by molar-refractivity contribution is 7.03. The number of ether oxygens (including phenoxy) is 1. The molecule has 1 atom stereocenters. The summed E-state index contributed by atoms with van der Waals surface area (Å²) < 4.78 is 22.1. The number of hydrogen-bond donors (Lipinski definition) is 1. The second-order valence-corrected chi connectivity index (χ2v) is 3.73. The summed E-state index contributed by atoms with van der Waals surface area (Å²) in [5.74, 6) is -0.121. The zero-order valence-corrected chi connectivity index (χ0v) is 9.24. The second-order valence-electron chi connectivity index (χ2n) is 3.12. The van der Waals surface area contributed by atoms with Gasteiger partial charge < -0.3 is 9.84 Å². The van der Waals surface area contributed by atoms with Gasteiger partial charge in [0.15, 0.2) is 0 Å². The molecule has 1 aromatic carbocycles. The summed E-state index contributed by atoms with van der Waals surface area (Å²) in [4.78, 5) is 0. The molecule has 0 aliphatic rings. The fourth-order valence-electron chi connectivity index (χ4n) is 1.31. The zero-order chi connectivity index (χ0) is 11.5. The first-order chi connectivity index (χ1) is 7.72. The summed E-state index contributed by atoms with van der Waals surface area (Å²) in [5.41, 5.74) is 0.502. The summed E-state index contributed by atoms with van der Waals surface area (Å²) in [7, 11) is 1.45. The maximum Gasteiger partial charge on any atom is 0.133 e. The van der Waals surface area contributed by atoms with E-state index in [1.165, 1.54) is 19.2 Å². The molecular weight excluding hydrogens is 231 g/mol. The summed E-state index contributed by atoms with van der Waals surface area (Å²) in [5, 5.41) is 15.1. The van der Waals surface area contributed by atoms with E-state index < -0.39 is 11.9 Å². The molecule has 0 amide bonds. The van der Waals surface area contributed by atoms with E-state index in [9.17, 15) is 9.50 Å². The lowest BCUT2D eigenvalue weighted by Crippen LogP contribution is -2.03. The Hall–Kier alpha value is -1.53. The Bertz CT molecular complexity index is 476. The molecule has 2 aromatic rings.